The lowest BCUT2D eigenvalue weighted by Gasteiger charge is -2.12. The Hall–Kier alpha value is -2.29. The van der Waals surface area contributed by atoms with Crippen molar-refractivity contribution in [3.8, 4) is 0 Å². The second-order valence-corrected chi connectivity index (χ2v) is 10.6. The minimum atomic E-state index is -1.38. The zero-order valence-electron chi connectivity index (χ0n) is 18.2. The molecule has 0 heterocycles. The van der Waals surface area contributed by atoms with Crippen LogP contribution in [0.3, 0.4) is 0 Å². The summed E-state index contributed by atoms with van der Waals surface area (Å²) in [6, 6.07) is 11.2. The summed E-state index contributed by atoms with van der Waals surface area (Å²) in [6.07, 6.45) is 0. The van der Waals surface area contributed by atoms with Crippen LogP contribution >= 0.6 is 58.0 Å². The standard InChI is InChI=1S/C24H16Cl5F2N3O2/c1-32-21-16(30)6-7-17(20(21)31)34-22(35)12-9-11(3-5-13(12)25)33-23(36)19-18(24(19,28)29)10-2-4-14(26)15(27)8-10/h2-9,18-19,32H,1H3,(H,33,36)(H,34,35)/t18-,19?/m0/s1. The number of hydrogen-bond acceptors (Lipinski definition) is 3. The number of alkyl halides is 2. The molecule has 36 heavy (non-hydrogen) atoms. The first-order chi connectivity index (χ1) is 16.9. The van der Waals surface area contributed by atoms with Crippen molar-refractivity contribution < 1.29 is 18.4 Å². The van der Waals surface area contributed by atoms with Gasteiger partial charge in [-0.1, -0.05) is 40.9 Å². The number of nitrogens with one attached hydrogen (secondary N) is 3. The Balaban J connectivity index is 1.52. The fraction of sp³-hybridized carbons (Fsp3) is 0.167. The van der Waals surface area contributed by atoms with Crippen molar-refractivity contribution in [2.24, 2.45) is 5.92 Å². The second kappa shape index (κ2) is 10.2. The van der Waals surface area contributed by atoms with Crippen molar-refractivity contribution in [3.63, 3.8) is 0 Å². The van der Waals surface area contributed by atoms with Gasteiger partial charge >= 0.3 is 0 Å². The predicted molar refractivity (Wildman–Crippen MR) is 141 cm³/mol. The number of carbonyl (C=O) groups excluding carboxylic acids is 2. The molecule has 1 aliphatic rings. The number of carbonyl (C=O) groups is 2. The Kier molecular flexibility index (Phi) is 7.60. The van der Waals surface area contributed by atoms with Gasteiger partial charge in [-0.3, -0.25) is 9.59 Å². The molecule has 1 saturated carbocycles. The molecular formula is C24H16Cl5F2N3O2. The van der Waals surface area contributed by atoms with Crippen molar-refractivity contribution in [1.82, 2.24) is 0 Å². The SMILES string of the molecule is CNc1c(F)ccc(NC(=O)c2cc(NC(=O)C3[C@H](c4ccc(Cl)c(Cl)c4)C3(Cl)Cl)ccc2Cl)c1F. The van der Waals surface area contributed by atoms with Crippen LogP contribution in [0.4, 0.5) is 25.8 Å². The second-order valence-electron chi connectivity index (χ2n) is 7.98. The summed E-state index contributed by atoms with van der Waals surface area (Å²) in [6.45, 7) is 0. The molecule has 1 aliphatic carbocycles. The van der Waals surface area contributed by atoms with Gasteiger partial charge in [0.2, 0.25) is 5.91 Å². The molecule has 0 bridgehead atoms. The maximum Gasteiger partial charge on any atom is 0.257 e. The average Bonchev–Trinajstić information content (AvgIpc) is 3.41. The van der Waals surface area contributed by atoms with E-state index in [0.717, 1.165) is 12.1 Å². The highest BCUT2D eigenvalue weighted by Crippen LogP contribution is 2.65. The highest BCUT2D eigenvalue weighted by molar-refractivity contribution is 6.53. The van der Waals surface area contributed by atoms with Gasteiger partial charge in [-0.05, 0) is 48.0 Å². The average molecular weight is 594 g/mol. The summed E-state index contributed by atoms with van der Waals surface area (Å²) in [5.74, 6) is -4.40. The highest BCUT2D eigenvalue weighted by Gasteiger charge is 2.67. The van der Waals surface area contributed by atoms with E-state index >= 15 is 0 Å². The van der Waals surface area contributed by atoms with Crippen LogP contribution in [-0.2, 0) is 4.79 Å². The number of halogens is 7. The van der Waals surface area contributed by atoms with Crippen molar-refractivity contribution in [2.75, 3.05) is 23.0 Å². The Bertz CT molecular complexity index is 1390. The molecule has 3 aromatic rings. The van der Waals surface area contributed by atoms with E-state index in [9.17, 15) is 18.4 Å². The van der Waals surface area contributed by atoms with E-state index in [2.05, 4.69) is 16.0 Å². The van der Waals surface area contributed by atoms with Crippen LogP contribution in [0.25, 0.3) is 0 Å². The largest absolute Gasteiger partial charge is 0.383 e. The van der Waals surface area contributed by atoms with Crippen LogP contribution in [0.2, 0.25) is 15.1 Å². The van der Waals surface area contributed by atoms with Crippen molar-refractivity contribution in [3.05, 3.63) is 86.4 Å². The normalized spacial score (nSPS) is 17.9. The molecular weight excluding hydrogens is 578 g/mol. The van der Waals surface area contributed by atoms with Crippen molar-refractivity contribution in [2.45, 2.75) is 10.3 Å². The Labute approximate surface area is 230 Å². The smallest absolute Gasteiger partial charge is 0.257 e. The molecule has 3 aromatic carbocycles. The summed E-state index contributed by atoms with van der Waals surface area (Å²) in [4.78, 5) is 25.8. The topological polar surface area (TPSA) is 70.2 Å². The third-order valence-electron chi connectivity index (χ3n) is 5.71. The van der Waals surface area contributed by atoms with Crippen LogP contribution in [0, 0.1) is 17.6 Å². The van der Waals surface area contributed by atoms with Crippen LogP contribution < -0.4 is 16.0 Å². The minimum absolute atomic E-state index is 0.0472. The fourth-order valence-corrected chi connectivity index (χ4v) is 5.18. The van der Waals surface area contributed by atoms with Gasteiger partial charge in [0.15, 0.2) is 5.82 Å². The fourth-order valence-electron chi connectivity index (χ4n) is 3.84. The third-order valence-corrected chi connectivity index (χ3v) is 7.72. The van der Waals surface area contributed by atoms with Gasteiger partial charge in [0.1, 0.15) is 15.8 Å². The van der Waals surface area contributed by atoms with Crippen LogP contribution in [-0.4, -0.2) is 23.2 Å². The quantitative estimate of drug-likeness (QED) is 0.256. The third kappa shape index (κ3) is 5.08. The lowest BCUT2D eigenvalue weighted by molar-refractivity contribution is -0.117. The van der Waals surface area contributed by atoms with E-state index in [1.54, 1.807) is 18.2 Å². The summed E-state index contributed by atoms with van der Waals surface area (Å²) in [5.41, 5.74) is 0.172. The van der Waals surface area contributed by atoms with Gasteiger partial charge in [0.25, 0.3) is 5.91 Å². The number of amides is 2. The zero-order chi connectivity index (χ0) is 26.4. The predicted octanol–water partition coefficient (Wildman–Crippen LogP) is 7.75. The summed E-state index contributed by atoms with van der Waals surface area (Å²) in [7, 11) is 1.35. The first-order valence-corrected chi connectivity index (χ1v) is 12.2. The van der Waals surface area contributed by atoms with E-state index in [4.69, 9.17) is 58.0 Å². The first-order valence-electron chi connectivity index (χ1n) is 10.4. The van der Waals surface area contributed by atoms with Crippen LogP contribution in [0.5, 0.6) is 0 Å². The Morgan fingerprint density at radius 1 is 0.889 bits per heavy atom. The lowest BCUT2D eigenvalue weighted by atomic mass is 10.1. The van der Waals surface area contributed by atoms with Gasteiger partial charge < -0.3 is 16.0 Å². The molecule has 0 spiro atoms. The minimum Gasteiger partial charge on any atom is -0.383 e. The number of hydrogen-bond donors (Lipinski definition) is 3. The molecule has 0 aromatic heterocycles. The van der Waals surface area contributed by atoms with Crippen LogP contribution in [0.15, 0.2) is 48.5 Å². The van der Waals surface area contributed by atoms with Gasteiger partial charge in [0.05, 0.1) is 32.2 Å². The van der Waals surface area contributed by atoms with E-state index < -0.39 is 45.3 Å². The van der Waals surface area contributed by atoms with Gasteiger partial charge in [-0.25, -0.2) is 8.78 Å². The van der Waals surface area contributed by atoms with E-state index in [0.29, 0.717) is 15.6 Å². The Morgan fingerprint density at radius 3 is 2.25 bits per heavy atom. The molecule has 2 atom stereocenters. The first kappa shape index (κ1) is 26.8. The van der Waals surface area contributed by atoms with Crippen molar-refractivity contribution >= 4 is 86.9 Å². The molecule has 0 radical (unpaired) electrons. The van der Waals surface area contributed by atoms with Gasteiger partial charge in [-0.15, -0.1) is 23.2 Å². The number of benzene rings is 3. The van der Waals surface area contributed by atoms with Gasteiger partial charge in [0, 0.05) is 18.7 Å². The summed E-state index contributed by atoms with van der Waals surface area (Å²) < 4.78 is 26.9. The molecule has 12 heteroatoms. The number of anilines is 3. The van der Waals surface area contributed by atoms with E-state index in [-0.39, 0.29) is 22.0 Å². The number of rotatable bonds is 6. The molecule has 188 valence electrons. The summed E-state index contributed by atoms with van der Waals surface area (Å²) in [5, 5.41) is 8.12. The highest BCUT2D eigenvalue weighted by atomic mass is 35.5. The maximum atomic E-state index is 14.5. The molecule has 3 N–H and O–H groups in total. The van der Waals surface area contributed by atoms with Crippen molar-refractivity contribution in [1.29, 1.82) is 0 Å². The molecule has 1 unspecified atom stereocenters. The summed E-state index contributed by atoms with van der Waals surface area (Å²) >= 11 is 31.0. The zero-order valence-corrected chi connectivity index (χ0v) is 22.0. The lowest BCUT2D eigenvalue weighted by Crippen LogP contribution is -2.18. The van der Waals surface area contributed by atoms with Gasteiger partial charge in [-0.2, -0.15) is 0 Å². The molecule has 4 rings (SSSR count). The molecule has 2 amide bonds. The monoisotopic (exact) mass is 591 g/mol. The molecule has 0 aliphatic heterocycles. The van der Waals surface area contributed by atoms with E-state index in [1.165, 1.54) is 25.2 Å². The molecule has 5 nitrogen and oxygen atoms in total. The molecule has 1 fully saturated rings. The van der Waals surface area contributed by atoms with E-state index in [1.807, 2.05) is 0 Å². The Morgan fingerprint density at radius 2 is 1.58 bits per heavy atom. The molecule has 0 saturated heterocycles. The maximum absolute atomic E-state index is 14.5. The van der Waals surface area contributed by atoms with Crippen LogP contribution in [0.1, 0.15) is 21.8 Å².